The van der Waals surface area contributed by atoms with Gasteiger partial charge in [0, 0.05) is 35.8 Å². The Morgan fingerprint density at radius 2 is 1.77 bits per heavy atom. The zero-order valence-corrected chi connectivity index (χ0v) is 14.0. The molecule has 22 heavy (non-hydrogen) atoms. The van der Waals surface area contributed by atoms with Crippen LogP contribution in [-0.2, 0) is 17.9 Å². The molecule has 0 spiro atoms. The average molecular weight is 340 g/mol. The first-order chi connectivity index (χ1) is 10.7. The van der Waals surface area contributed by atoms with Gasteiger partial charge in [-0.2, -0.15) is 0 Å². The van der Waals surface area contributed by atoms with E-state index < -0.39 is 0 Å². The van der Waals surface area contributed by atoms with Crippen LogP contribution in [0.3, 0.4) is 0 Å². The summed E-state index contributed by atoms with van der Waals surface area (Å²) < 4.78 is 10.8. The normalized spacial score (nSPS) is 10.7. The molecule has 0 aliphatic rings. The minimum atomic E-state index is 0.346. The summed E-state index contributed by atoms with van der Waals surface area (Å²) in [5.74, 6) is 0.794. The Bertz CT molecular complexity index is 585. The van der Waals surface area contributed by atoms with E-state index in [1.165, 1.54) is 0 Å². The maximum atomic E-state index is 6.14. The summed E-state index contributed by atoms with van der Waals surface area (Å²) in [4.78, 5) is 0. The lowest BCUT2D eigenvalue weighted by atomic mass is 10.2. The summed E-state index contributed by atoms with van der Waals surface area (Å²) >= 11 is 12.3. The molecule has 118 valence electrons. The molecule has 0 unspecified atom stereocenters. The van der Waals surface area contributed by atoms with Gasteiger partial charge in [0.15, 0.2) is 0 Å². The number of ether oxygens (including phenoxy) is 2. The van der Waals surface area contributed by atoms with Crippen LogP contribution < -0.4 is 10.1 Å². The maximum Gasteiger partial charge on any atom is 0.120 e. The molecule has 2 aromatic carbocycles. The van der Waals surface area contributed by atoms with Crippen molar-refractivity contribution in [2.75, 3.05) is 20.3 Å². The van der Waals surface area contributed by atoms with Gasteiger partial charge in [-0.1, -0.05) is 41.4 Å². The SMILES string of the molecule is COCCNCc1cccc(OCc2c(Cl)cccc2Cl)c1. The van der Waals surface area contributed by atoms with Gasteiger partial charge >= 0.3 is 0 Å². The Morgan fingerprint density at radius 1 is 1.05 bits per heavy atom. The monoisotopic (exact) mass is 339 g/mol. The van der Waals surface area contributed by atoms with E-state index in [9.17, 15) is 0 Å². The summed E-state index contributed by atoms with van der Waals surface area (Å²) in [6, 6.07) is 13.4. The van der Waals surface area contributed by atoms with E-state index in [1.54, 1.807) is 7.11 Å². The highest BCUT2D eigenvalue weighted by molar-refractivity contribution is 6.35. The first kappa shape index (κ1) is 17.1. The fourth-order valence-electron chi connectivity index (χ4n) is 1.98. The Morgan fingerprint density at radius 3 is 2.50 bits per heavy atom. The first-order valence-electron chi connectivity index (χ1n) is 7.05. The quantitative estimate of drug-likeness (QED) is 0.727. The number of nitrogens with one attached hydrogen (secondary N) is 1. The zero-order chi connectivity index (χ0) is 15.8. The van der Waals surface area contributed by atoms with E-state index in [0.717, 1.165) is 30.0 Å². The molecule has 0 aliphatic heterocycles. The predicted molar refractivity (Wildman–Crippen MR) is 90.8 cm³/mol. The molecule has 0 heterocycles. The van der Waals surface area contributed by atoms with Crippen molar-refractivity contribution >= 4 is 23.2 Å². The second-order valence-corrected chi connectivity index (χ2v) is 5.62. The average Bonchev–Trinajstić information content (AvgIpc) is 2.52. The number of halogens is 2. The van der Waals surface area contributed by atoms with Crippen molar-refractivity contribution in [3.8, 4) is 5.75 Å². The molecule has 0 fully saturated rings. The lowest BCUT2D eigenvalue weighted by Gasteiger charge is -2.11. The van der Waals surface area contributed by atoms with E-state index >= 15 is 0 Å². The smallest absolute Gasteiger partial charge is 0.120 e. The fourth-order valence-corrected chi connectivity index (χ4v) is 2.48. The molecule has 0 bridgehead atoms. The van der Waals surface area contributed by atoms with Gasteiger partial charge < -0.3 is 14.8 Å². The van der Waals surface area contributed by atoms with Crippen molar-refractivity contribution in [1.82, 2.24) is 5.32 Å². The summed E-state index contributed by atoms with van der Waals surface area (Å²) in [5.41, 5.74) is 1.95. The van der Waals surface area contributed by atoms with Crippen molar-refractivity contribution < 1.29 is 9.47 Å². The largest absolute Gasteiger partial charge is 0.489 e. The van der Waals surface area contributed by atoms with E-state index in [4.69, 9.17) is 32.7 Å². The molecule has 5 heteroatoms. The lowest BCUT2D eigenvalue weighted by molar-refractivity contribution is 0.199. The van der Waals surface area contributed by atoms with E-state index in [0.29, 0.717) is 23.3 Å². The van der Waals surface area contributed by atoms with E-state index in [1.807, 2.05) is 36.4 Å². The third-order valence-corrected chi connectivity index (χ3v) is 3.86. The van der Waals surface area contributed by atoms with Gasteiger partial charge in [-0.05, 0) is 29.8 Å². The molecular formula is C17H19Cl2NO2. The Hall–Kier alpha value is -1.26. The van der Waals surface area contributed by atoms with Crippen LogP contribution in [0.25, 0.3) is 0 Å². The second-order valence-electron chi connectivity index (χ2n) is 4.81. The van der Waals surface area contributed by atoms with Crippen LogP contribution in [0.1, 0.15) is 11.1 Å². The van der Waals surface area contributed by atoms with Crippen LogP contribution in [0.15, 0.2) is 42.5 Å². The minimum absolute atomic E-state index is 0.346. The summed E-state index contributed by atoms with van der Waals surface area (Å²) in [7, 11) is 1.69. The number of rotatable bonds is 8. The van der Waals surface area contributed by atoms with Crippen LogP contribution in [-0.4, -0.2) is 20.3 Å². The van der Waals surface area contributed by atoms with Crippen LogP contribution in [0, 0.1) is 0 Å². The molecule has 2 rings (SSSR count). The van der Waals surface area contributed by atoms with Crippen molar-refractivity contribution in [3.05, 3.63) is 63.6 Å². The molecule has 3 nitrogen and oxygen atoms in total. The summed E-state index contributed by atoms with van der Waals surface area (Å²) in [6.07, 6.45) is 0. The molecule has 0 atom stereocenters. The van der Waals surface area contributed by atoms with Gasteiger partial charge in [-0.3, -0.25) is 0 Å². The third kappa shape index (κ3) is 5.18. The molecule has 0 radical (unpaired) electrons. The molecule has 0 amide bonds. The van der Waals surface area contributed by atoms with Gasteiger partial charge in [0.1, 0.15) is 12.4 Å². The molecule has 0 saturated carbocycles. The molecular weight excluding hydrogens is 321 g/mol. The highest BCUT2D eigenvalue weighted by Gasteiger charge is 2.06. The Balaban J connectivity index is 1.93. The lowest BCUT2D eigenvalue weighted by Crippen LogP contribution is -2.18. The Labute approximate surface area is 141 Å². The van der Waals surface area contributed by atoms with Gasteiger partial charge in [0.05, 0.1) is 6.61 Å². The molecule has 0 aliphatic carbocycles. The van der Waals surface area contributed by atoms with Gasteiger partial charge in [-0.25, -0.2) is 0 Å². The second kappa shape index (κ2) is 9.01. The van der Waals surface area contributed by atoms with Crippen LogP contribution >= 0.6 is 23.2 Å². The fraction of sp³-hybridized carbons (Fsp3) is 0.294. The highest BCUT2D eigenvalue weighted by Crippen LogP contribution is 2.26. The topological polar surface area (TPSA) is 30.5 Å². The van der Waals surface area contributed by atoms with Gasteiger partial charge in [-0.15, -0.1) is 0 Å². The van der Waals surface area contributed by atoms with Gasteiger partial charge in [0.25, 0.3) is 0 Å². The van der Waals surface area contributed by atoms with E-state index in [2.05, 4.69) is 11.4 Å². The van der Waals surface area contributed by atoms with Crippen LogP contribution in [0.2, 0.25) is 10.0 Å². The standard InChI is InChI=1S/C17H19Cl2NO2/c1-21-9-8-20-11-13-4-2-5-14(10-13)22-12-15-16(18)6-3-7-17(15)19/h2-7,10,20H,8-9,11-12H2,1H3. The van der Waals surface area contributed by atoms with Crippen molar-refractivity contribution in [2.24, 2.45) is 0 Å². The molecule has 0 aromatic heterocycles. The maximum absolute atomic E-state index is 6.14. The van der Waals surface area contributed by atoms with Crippen molar-refractivity contribution in [1.29, 1.82) is 0 Å². The van der Waals surface area contributed by atoms with Crippen LogP contribution in [0.5, 0.6) is 5.75 Å². The summed E-state index contributed by atoms with van der Waals surface area (Å²) in [6.45, 7) is 2.63. The highest BCUT2D eigenvalue weighted by atomic mass is 35.5. The molecule has 2 aromatic rings. The minimum Gasteiger partial charge on any atom is -0.489 e. The van der Waals surface area contributed by atoms with E-state index in [-0.39, 0.29) is 0 Å². The predicted octanol–water partition coefficient (Wildman–Crippen LogP) is 4.31. The van der Waals surface area contributed by atoms with Crippen LogP contribution in [0.4, 0.5) is 0 Å². The number of hydrogen-bond acceptors (Lipinski definition) is 3. The Kier molecular flexibility index (Phi) is 7.00. The van der Waals surface area contributed by atoms with Crippen molar-refractivity contribution in [3.63, 3.8) is 0 Å². The number of methoxy groups -OCH3 is 1. The van der Waals surface area contributed by atoms with Crippen molar-refractivity contribution in [2.45, 2.75) is 13.2 Å². The summed E-state index contributed by atoms with van der Waals surface area (Å²) in [5, 5.41) is 4.53. The number of benzene rings is 2. The zero-order valence-electron chi connectivity index (χ0n) is 12.4. The first-order valence-corrected chi connectivity index (χ1v) is 7.80. The third-order valence-electron chi connectivity index (χ3n) is 3.16. The number of hydrogen-bond donors (Lipinski definition) is 1. The van der Waals surface area contributed by atoms with Gasteiger partial charge in [0.2, 0.25) is 0 Å². The molecule has 1 N–H and O–H groups in total. The molecule has 0 saturated heterocycles.